The van der Waals surface area contributed by atoms with Crippen LogP contribution < -0.4 is 15.8 Å². The molecule has 4 rings (SSSR count). The van der Waals surface area contributed by atoms with Crippen molar-refractivity contribution in [1.29, 1.82) is 0 Å². The molecule has 0 radical (unpaired) electrons. The summed E-state index contributed by atoms with van der Waals surface area (Å²) >= 11 is 0. The van der Waals surface area contributed by atoms with Crippen LogP contribution >= 0.6 is 0 Å². The minimum Gasteiger partial charge on any atom is -0.494 e. The molecule has 3 aromatic rings. The number of rotatable bonds is 4. The van der Waals surface area contributed by atoms with E-state index in [1.165, 1.54) is 0 Å². The SMILES string of the molecule is CCCOc1ccc([C@H]2N=C(N)Nc3nc4ccccc4n32)cc1. The van der Waals surface area contributed by atoms with Gasteiger partial charge in [0.2, 0.25) is 5.95 Å². The number of hydrogen-bond acceptors (Lipinski definition) is 5. The summed E-state index contributed by atoms with van der Waals surface area (Å²) in [6.45, 7) is 2.81. The molecular formula is C18H19N5O. The Morgan fingerprint density at radius 3 is 2.75 bits per heavy atom. The van der Waals surface area contributed by atoms with E-state index in [-0.39, 0.29) is 6.17 Å². The Morgan fingerprint density at radius 1 is 1.17 bits per heavy atom. The Labute approximate surface area is 140 Å². The Balaban J connectivity index is 1.76. The van der Waals surface area contributed by atoms with Crippen LogP contribution in [-0.4, -0.2) is 22.1 Å². The quantitative estimate of drug-likeness (QED) is 0.774. The zero-order valence-electron chi connectivity index (χ0n) is 13.4. The van der Waals surface area contributed by atoms with Crippen LogP contribution in [0.4, 0.5) is 5.95 Å². The lowest BCUT2D eigenvalue weighted by atomic mass is 10.1. The minimum absolute atomic E-state index is 0.242. The maximum atomic E-state index is 5.96. The van der Waals surface area contributed by atoms with Crippen LogP contribution in [0.1, 0.15) is 25.1 Å². The maximum absolute atomic E-state index is 5.96. The number of hydrogen-bond donors (Lipinski definition) is 2. The molecule has 0 amide bonds. The highest BCUT2D eigenvalue weighted by Gasteiger charge is 2.24. The summed E-state index contributed by atoms with van der Waals surface area (Å²) in [6.07, 6.45) is 0.746. The normalized spacial score (nSPS) is 16.4. The van der Waals surface area contributed by atoms with E-state index in [1.807, 2.05) is 48.5 Å². The third kappa shape index (κ3) is 2.46. The van der Waals surface area contributed by atoms with Crippen LogP contribution in [0.2, 0.25) is 0 Å². The van der Waals surface area contributed by atoms with Crippen molar-refractivity contribution in [3.63, 3.8) is 0 Å². The van der Waals surface area contributed by atoms with Crippen molar-refractivity contribution in [3.8, 4) is 5.75 Å². The van der Waals surface area contributed by atoms with Gasteiger partial charge in [0.1, 0.15) is 5.75 Å². The third-order valence-electron chi connectivity index (χ3n) is 3.99. The average Bonchev–Trinajstić information content (AvgIpc) is 2.97. The number of guanidine groups is 1. The second kappa shape index (κ2) is 5.88. The highest BCUT2D eigenvalue weighted by atomic mass is 16.5. The smallest absolute Gasteiger partial charge is 0.212 e. The molecule has 1 aromatic heterocycles. The molecule has 0 fully saturated rings. The Morgan fingerprint density at radius 2 is 1.96 bits per heavy atom. The maximum Gasteiger partial charge on any atom is 0.212 e. The second-order valence-electron chi connectivity index (χ2n) is 5.72. The number of nitrogens with one attached hydrogen (secondary N) is 1. The van der Waals surface area contributed by atoms with Crippen molar-refractivity contribution >= 4 is 22.9 Å². The molecule has 24 heavy (non-hydrogen) atoms. The summed E-state index contributed by atoms with van der Waals surface area (Å²) in [5.74, 6) is 1.94. The predicted octanol–water partition coefficient (Wildman–Crippen LogP) is 3.11. The zero-order chi connectivity index (χ0) is 16.5. The van der Waals surface area contributed by atoms with Crippen LogP contribution in [0.15, 0.2) is 53.5 Å². The van der Waals surface area contributed by atoms with E-state index in [0.29, 0.717) is 18.5 Å². The first-order chi connectivity index (χ1) is 11.8. The average molecular weight is 321 g/mol. The molecule has 0 aliphatic carbocycles. The first-order valence-corrected chi connectivity index (χ1v) is 8.06. The van der Waals surface area contributed by atoms with Gasteiger partial charge >= 0.3 is 0 Å². The summed E-state index contributed by atoms with van der Waals surface area (Å²) in [7, 11) is 0. The highest BCUT2D eigenvalue weighted by Crippen LogP contribution is 2.32. The van der Waals surface area contributed by atoms with Gasteiger partial charge in [0.25, 0.3) is 0 Å². The number of ether oxygens (including phenoxy) is 1. The molecule has 3 N–H and O–H groups in total. The summed E-state index contributed by atoms with van der Waals surface area (Å²) in [6, 6.07) is 16.0. The van der Waals surface area contributed by atoms with Gasteiger partial charge in [-0.2, -0.15) is 0 Å². The van der Waals surface area contributed by atoms with Crippen LogP contribution in [0.3, 0.4) is 0 Å². The summed E-state index contributed by atoms with van der Waals surface area (Å²) in [5, 5.41) is 3.04. The van der Waals surface area contributed by atoms with Crippen LogP contribution in [0, 0.1) is 0 Å². The molecular weight excluding hydrogens is 302 g/mol. The van der Waals surface area contributed by atoms with Crippen molar-refractivity contribution in [1.82, 2.24) is 9.55 Å². The number of para-hydroxylation sites is 2. The largest absolute Gasteiger partial charge is 0.494 e. The first kappa shape index (κ1) is 14.6. The van der Waals surface area contributed by atoms with Crippen LogP contribution in [0.25, 0.3) is 11.0 Å². The number of anilines is 1. The molecule has 0 bridgehead atoms. The molecule has 6 nitrogen and oxygen atoms in total. The van der Waals surface area contributed by atoms with Crippen LogP contribution in [0.5, 0.6) is 5.75 Å². The number of aliphatic imine (C=N–C) groups is 1. The highest BCUT2D eigenvalue weighted by molar-refractivity contribution is 5.94. The van der Waals surface area contributed by atoms with E-state index in [9.17, 15) is 0 Å². The Kier molecular flexibility index (Phi) is 3.57. The van der Waals surface area contributed by atoms with Gasteiger partial charge in [-0.15, -0.1) is 0 Å². The van der Waals surface area contributed by atoms with Gasteiger partial charge in [-0.05, 0) is 36.2 Å². The molecule has 0 unspecified atom stereocenters. The minimum atomic E-state index is -0.242. The van der Waals surface area contributed by atoms with Gasteiger partial charge in [-0.1, -0.05) is 31.2 Å². The fraction of sp³-hybridized carbons (Fsp3) is 0.222. The van der Waals surface area contributed by atoms with Gasteiger partial charge in [-0.25, -0.2) is 9.98 Å². The lowest BCUT2D eigenvalue weighted by Crippen LogP contribution is -2.31. The molecule has 2 aromatic carbocycles. The molecule has 122 valence electrons. The summed E-state index contributed by atoms with van der Waals surface area (Å²) in [4.78, 5) is 9.18. The molecule has 1 aliphatic heterocycles. The van der Waals surface area contributed by atoms with Gasteiger partial charge in [0.15, 0.2) is 12.1 Å². The number of benzene rings is 2. The van der Waals surface area contributed by atoms with Gasteiger partial charge in [-0.3, -0.25) is 9.88 Å². The van der Waals surface area contributed by atoms with E-state index >= 15 is 0 Å². The van der Waals surface area contributed by atoms with Crippen LogP contribution in [-0.2, 0) is 0 Å². The Hall–Kier alpha value is -3.02. The summed E-state index contributed by atoms with van der Waals surface area (Å²) in [5.41, 5.74) is 8.93. The van der Waals surface area contributed by atoms with E-state index in [1.54, 1.807) is 0 Å². The van der Waals surface area contributed by atoms with Crippen molar-refractivity contribution in [2.45, 2.75) is 19.5 Å². The molecule has 6 heteroatoms. The van der Waals surface area contributed by atoms with Crippen molar-refractivity contribution < 1.29 is 4.74 Å². The second-order valence-corrected chi connectivity index (χ2v) is 5.72. The van der Waals surface area contributed by atoms with Crippen molar-refractivity contribution in [2.24, 2.45) is 10.7 Å². The van der Waals surface area contributed by atoms with Crippen molar-refractivity contribution in [3.05, 3.63) is 54.1 Å². The third-order valence-corrected chi connectivity index (χ3v) is 3.99. The van der Waals surface area contributed by atoms with Crippen molar-refractivity contribution in [2.75, 3.05) is 11.9 Å². The molecule has 2 heterocycles. The van der Waals surface area contributed by atoms with Gasteiger partial charge < -0.3 is 10.5 Å². The topological polar surface area (TPSA) is 77.5 Å². The number of aromatic nitrogens is 2. The van der Waals surface area contributed by atoms with E-state index in [2.05, 4.69) is 26.8 Å². The number of imidazole rings is 1. The molecule has 0 spiro atoms. The fourth-order valence-corrected chi connectivity index (χ4v) is 2.90. The zero-order valence-corrected chi connectivity index (χ0v) is 13.4. The lowest BCUT2D eigenvalue weighted by Gasteiger charge is -2.24. The fourth-order valence-electron chi connectivity index (χ4n) is 2.90. The first-order valence-electron chi connectivity index (χ1n) is 8.06. The van der Waals surface area contributed by atoms with Gasteiger partial charge in [0, 0.05) is 0 Å². The van der Waals surface area contributed by atoms with E-state index in [4.69, 9.17) is 10.5 Å². The van der Waals surface area contributed by atoms with E-state index < -0.39 is 0 Å². The standard InChI is InChI=1S/C18H19N5O/c1-2-11-24-13-9-7-12(8-10-13)16-21-17(19)22-18-20-14-5-3-4-6-15(14)23(16)18/h3-10,16H,2,11H2,1H3,(H3,19,20,21,22)/t16-/m0/s1. The number of nitrogens with zero attached hydrogens (tertiary/aromatic N) is 3. The number of nitrogens with two attached hydrogens (primary N) is 1. The monoisotopic (exact) mass is 321 g/mol. The molecule has 0 saturated heterocycles. The number of fused-ring (bicyclic) bond motifs is 3. The predicted molar refractivity (Wildman–Crippen MR) is 95.3 cm³/mol. The van der Waals surface area contributed by atoms with Gasteiger partial charge in [0.05, 0.1) is 17.6 Å². The summed E-state index contributed by atoms with van der Waals surface area (Å²) < 4.78 is 7.71. The molecule has 1 atom stereocenters. The molecule has 0 saturated carbocycles. The molecule has 1 aliphatic rings. The Bertz CT molecular complexity index is 897. The lowest BCUT2D eigenvalue weighted by molar-refractivity contribution is 0.317. The van der Waals surface area contributed by atoms with E-state index in [0.717, 1.165) is 28.8 Å².